The van der Waals surface area contributed by atoms with Gasteiger partial charge in [0.25, 0.3) is 5.69 Å². The molecule has 0 amide bonds. The van der Waals surface area contributed by atoms with Gasteiger partial charge in [0.05, 0.1) is 21.7 Å². The second-order valence-corrected chi connectivity index (χ2v) is 7.45. The standard InChI is InChI=1S/C21H19IN2O6/c1-4-28-18-11-13(9-15(22)19(18)29-5-2)10-16-21(25)30-20(23-16)14-6-7-17(24(26)27)12(3)8-14/h6-11H,4-5H2,1-3H3/b16-10-. The van der Waals surface area contributed by atoms with Crippen LogP contribution in [0.4, 0.5) is 5.69 Å². The van der Waals surface area contributed by atoms with Crippen LogP contribution in [0.15, 0.2) is 41.0 Å². The van der Waals surface area contributed by atoms with Gasteiger partial charge in [-0.15, -0.1) is 0 Å². The van der Waals surface area contributed by atoms with Crippen LogP contribution in [0.3, 0.4) is 0 Å². The largest absolute Gasteiger partial charge is 0.490 e. The van der Waals surface area contributed by atoms with Gasteiger partial charge in [-0.25, -0.2) is 9.79 Å². The fraction of sp³-hybridized carbons (Fsp3) is 0.238. The number of aliphatic imine (C=N–C) groups is 1. The molecule has 0 saturated carbocycles. The Morgan fingerprint density at radius 2 is 1.93 bits per heavy atom. The molecule has 0 spiro atoms. The van der Waals surface area contributed by atoms with Gasteiger partial charge in [0.15, 0.2) is 17.2 Å². The van der Waals surface area contributed by atoms with Gasteiger partial charge >= 0.3 is 5.97 Å². The van der Waals surface area contributed by atoms with Gasteiger partial charge in [0.1, 0.15) is 0 Å². The number of nitro groups is 1. The number of rotatable bonds is 7. The van der Waals surface area contributed by atoms with Crippen LogP contribution in [0.5, 0.6) is 11.5 Å². The fourth-order valence-electron chi connectivity index (χ4n) is 2.90. The first-order valence-corrected chi connectivity index (χ1v) is 10.3. The lowest BCUT2D eigenvalue weighted by atomic mass is 10.1. The highest BCUT2D eigenvalue weighted by Gasteiger charge is 2.25. The predicted molar refractivity (Wildman–Crippen MR) is 120 cm³/mol. The van der Waals surface area contributed by atoms with Crippen LogP contribution in [0.2, 0.25) is 0 Å². The van der Waals surface area contributed by atoms with Gasteiger partial charge in [-0.3, -0.25) is 10.1 Å². The van der Waals surface area contributed by atoms with E-state index >= 15 is 0 Å². The maximum Gasteiger partial charge on any atom is 0.363 e. The lowest BCUT2D eigenvalue weighted by Gasteiger charge is -2.13. The topological polar surface area (TPSA) is 100 Å². The number of esters is 1. The molecule has 0 N–H and O–H groups in total. The van der Waals surface area contributed by atoms with Crippen LogP contribution in [-0.4, -0.2) is 30.0 Å². The summed E-state index contributed by atoms with van der Waals surface area (Å²) in [6.45, 7) is 6.37. The van der Waals surface area contributed by atoms with Gasteiger partial charge in [-0.05, 0) is 79.3 Å². The Bertz CT molecular complexity index is 1080. The van der Waals surface area contributed by atoms with Crippen LogP contribution in [0, 0.1) is 20.6 Å². The van der Waals surface area contributed by atoms with Crippen LogP contribution < -0.4 is 9.47 Å². The van der Waals surface area contributed by atoms with Crippen LogP contribution >= 0.6 is 22.6 Å². The van der Waals surface area contributed by atoms with Crippen molar-refractivity contribution >= 4 is 46.2 Å². The van der Waals surface area contributed by atoms with E-state index in [1.165, 1.54) is 12.1 Å². The van der Waals surface area contributed by atoms with Crippen molar-refractivity contribution in [3.63, 3.8) is 0 Å². The first kappa shape index (κ1) is 21.8. The molecule has 1 aliphatic rings. The average Bonchev–Trinajstić information content (AvgIpc) is 3.05. The molecule has 0 saturated heterocycles. The van der Waals surface area contributed by atoms with E-state index in [2.05, 4.69) is 27.6 Å². The quantitative estimate of drug-likeness (QED) is 0.173. The fourth-order valence-corrected chi connectivity index (χ4v) is 3.68. The molecule has 156 valence electrons. The first-order valence-electron chi connectivity index (χ1n) is 9.21. The molecular formula is C21H19IN2O6. The second-order valence-electron chi connectivity index (χ2n) is 6.29. The number of halogens is 1. The number of ether oxygens (including phenoxy) is 3. The lowest BCUT2D eigenvalue weighted by Crippen LogP contribution is -2.06. The molecule has 3 rings (SSSR count). The van der Waals surface area contributed by atoms with Crippen molar-refractivity contribution in [2.75, 3.05) is 13.2 Å². The Labute approximate surface area is 186 Å². The number of nitrogens with zero attached hydrogens (tertiary/aromatic N) is 2. The highest BCUT2D eigenvalue weighted by Crippen LogP contribution is 2.35. The van der Waals surface area contributed by atoms with Gasteiger partial charge in [0.2, 0.25) is 5.90 Å². The molecule has 1 aliphatic heterocycles. The minimum absolute atomic E-state index is 0.00754. The number of benzene rings is 2. The SMILES string of the molecule is CCOc1cc(/C=C2\N=C(c3ccc([N+](=O)[O-])c(C)c3)OC2=O)cc(I)c1OCC. The number of nitro benzene ring substituents is 1. The minimum Gasteiger partial charge on any atom is -0.490 e. The number of carbonyl (C=O) groups excluding carboxylic acids is 1. The van der Waals surface area contributed by atoms with Crippen molar-refractivity contribution in [2.45, 2.75) is 20.8 Å². The van der Waals surface area contributed by atoms with Gasteiger partial charge in [-0.2, -0.15) is 0 Å². The van der Waals surface area contributed by atoms with E-state index in [4.69, 9.17) is 14.2 Å². The predicted octanol–water partition coefficient (Wildman–Crippen LogP) is 4.65. The number of carbonyl (C=O) groups is 1. The maximum atomic E-state index is 12.3. The molecule has 0 aliphatic carbocycles. The number of hydrogen-bond acceptors (Lipinski definition) is 7. The molecule has 8 nitrogen and oxygen atoms in total. The first-order chi connectivity index (χ1) is 14.3. The van der Waals surface area contributed by atoms with Crippen molar-refractivity contribution in [1.82, 2.24) is 0 Å². The van der Waals surface area contributed by atoms with Crippen molar-refractivity contribution in [3.05, 3.63) is 66.4 Å². The molecular weight excluding hydrogens is 503 g/mol. The van der Waals surface area contributed by atoms with Crippen LogP contribution in [-0.2, 0) is 9.53 Å². The molecule has 2 aromatic rings. The Hall–Kier alpha value is -2.95. The summed E-state index contributed by atoms with van der Waals surface area (Å²) in [5.74, 6) is 0.749. The third kappa shape index (κ3) is 4.61. The van der Waals surface area contributed by atoms with Crippen LogP contribution in [0.1, 0.15) is 30.5 Å². The van der Waals surface area contributed by atoms with Gasteiger partial charge < -0.3 is 14.2 Å². The molecule has 0 fully saturated rings. The Kier molecular flexibility index (Phi) is 6.70. The summed E-state index contributed by atoms with van der Waals surface area (Å²) in [4.78, 5) is 27.1. The van der Waals surface area contributed by atoms with E-state index in [0.717, 1.165) is 3.57 Å². The zero-order valence-electron chi connectivity index (χ0n) is 16.6. The maximum absolute atomic E-state index is 12.3. The highest BCUT2D eigenvalue weighted by molar-refractivity contribution is 14.1. The molecule has 2 aromatic carbocycles. The summed E-state index contributed by atoms with van der Waals surface area (Å²) >= 11 is 2.15. The van der Waals surface area contributed by atoms with Crippen molar-refractivity contribution in [2.24, 2.45) is 4.99 Å². The normalized spacial score (nSPS) is 14.5. The lowest BCUT2D eigenvalue weighted by molar-refractivity contribution is -0.385. The summed E-state index contributed by atoms with van der Waals surface area (Å²) in [7, 11) is 0. The van der Waals surface area contributed by atoms with E-state index < -0.39 is 10.9 Å². The summed E-state index contributed by atoms with van der Waals surface area (Å²) < 4.78 is 17.4. The zero-order chi connectivity index (χ0) is 21.8. The second kappa shape index (κ2) is 9.24. The van der Waals surface area contributed by atoms with Gasteiger partial charge in [0, 0.05) is 17.2 Å². The summed E-state index contributed by atoms with van der Waals surface area (Å²) in [5.41, 5.74) is 1.78. The van der Waals surface area contributed by atoms with Crippen molar-refractivity contribution < 1.29 is 23.9 Å². The molecule has 9 heteroatoms. The van der Waals surface area contributed by atoms with E-state index in [9.17, 15) is 14.9 Å². The van der Waals surface area contributed by atoms with Crippen molar-refractivity contribution in [1.29, 1.82) is 0 Å². The molecule has 30 heavy (non-hydrogen) atoms. The van der Waals surface area contributed by atoms with E-state index in [1.807, 2.05) is 19.9 Å². The van der Waals surface area contributed by atoms with Gasteiger partial charge in [-0.1, -0.05) is 0 Å². The molecule has 0 bridgehead atoms. The average molecular weight is 522 g/mol. The zero-order valence-corrected chi connectivity index (χ0v) is 18.8. The van der Waals surface area contributed by atoms with Crippen LogP contribution in [0.25, 0.3) is 6.08 Å². The Morgan fingerprint density at radius 3 is 2.57 bits per heavy atom. The molecule has 0 radical (unpaired) electrons. The number of cyclic esters (lactones) is 1. The Morgan fingerprint density at radius 1 is 1.20 bits per heavy atom. The summed E-state index contributed by atoms with van der Waals surface area (Å²) in [6, 6.07) is 8.08. The number of hydrogen-bond donors (Lipinski definition) is 0. The molecule has 0 atom stereocenters. The smallest absolute Gasteiger partial charge is 0.363 e. The highest BCUT2D eigenvalue weighted by atomic mass is 127. The minimum atomic E-state index is -0.595. The number of aryl methyl sites for hydroxylation is 1. The van der Waals surface area contributed by atoms with E-state index in [-0.39, 0.29) is 17.3 Å². The molecule has 1 heterocycles. The molecule has 0 aromatic heterocycles. The molecule has 0 unspecified atom stereocenters. The third-order valence-electron chi connectivity index (χ3n) is 4.18. The van der Waals surface area contributed by atoms with E-state index in [0.29, 0.717) is 41.4 Å². The Balaban J connectivity index is 1.96. The monoisotopic (exact) mass is 522 g/mol. The van der Waals surface area contributed by atoms with E-state index in [1.54, 1.807) is 25.1 Å². The summed E-state index contributed by atoms with van der Waals surface area (Å²) in [6.07, 6.45) is 1.61. The summed E-state index contributed by atoms with van der Waals surface area (Å²) in [5, 5.41) is 11.0. The van der Waals surface area contributed by atoms with Crippen molar-refractivity contribution in [3.8, 4) is 11.5 Å². The third-order valence-corrected chi connectivity index (χ3v) is 4.99.